The standard InChI is InChI=1S/C12H9F5O3/c1-2-20-10(19)8-5-3-4-7(6-8)9(18)11(13,14)12(15,16)17/h3-6H,2H2,1H3. The van der Waals surface area contributed by atoms with E-state index in [-0.39, 0.29) is 12.2 Å². The summed E-state index contributed by atoms with van der Waals surface area (Å²) in [6.07, 6.45) is -6.00. The molecule has 0 aliphatic heterocycles. The van der Waals surface area contributed by atoms with Crippen LogP contribution in [0.15, 0.2) is 24.3 Å². The number of ether oxygens (including phenoxy) is 1. The molecule has 0 aromatic heterocycles. The van der Waals surface area contributed by atoms with Crippen LogP contribution in [0.2, 0.25) is 0 Å². The monoisotopic (exact) mass is 296 g/mol. The summed E-state index contributed by atoms with van der Waals surface area (Å²) >= 11 is 0. The molecule has 3 nitrogen and oxygen atoms in total. The van der Waals surface area contributed by atoms with Crippen molar-refractivity contribution in [3.63, 3.8) is 0 Å². The van der Waals surface area contributed by atoms with E-state index in [0.29, 0.717) is 6.07 Å². The third kappa shape index (κ3) is 3.12. The number of halogens is 5. The molecule has 0 aliphatic carbocycles. The summed E-state index contributed by atoms with van der Waals surface area (Å²) < 4.78 is 66.6. The minimum Gasteiger partial charge on any atom is -0.462 e. The van der Waals surface area contributed by atoms with Crippen LogP contribution in [0.5, 0.6) is 0 Å². The molecule has 1 aromatic rings. The highest BCUT2D eigenvalue weighted by molar-refractivity contribution is 6.03. The van der Waals surface area contributed by atoms with Gasteiger partial charge in [-0.1, -0.05) is 12.1 Å². The fourth-order valence-corrected chi connectivity index (χ4v) is 1.31. The number of Topliss-reactive ketones (excluding diaryl/α,β-unsaturated/α-hetero) is 1. The Balaban J connectivity index is 3.13. The lowest BCUT2D eigenvalue weighted by Gasteiger charge is -2.18. The number of carbonyl (C=O) groups is 2. The summed E-state index contributed by atoms with van der Waals surface area (Å²) in [6.45, 7) is 1.49. The molecule has 0 unspecified atom stereocenters. The van der Waals surface area contributed by atoms with E-state index in [1.54, 1.807) is 0 Å². The second kappa shape index (κ2) is 5.56. The van der Waals surface area contributed by atoms with E-state index in [0.717, 1.165) is 18.2 Å². The Kier molecular flexibility index (Phi) is 4.46. The van der Waals surface area contributed by atoms with E-state index >= 15 is 0 Å². The highest BCUT2D eigenvalue weighted by atomic mass is 19.4. The van der Waals surface area contributed by atoms with Crippen LogP contribution in [-0.4, -0.2) is 30.5 Å². The Morgan fingerprint density at radius 1 is 1.10 bits per heavy atom. The summed E-state index contributed by atoms with van der Waals surface area (Å²) in [4.78, 5) is 22.5. The Morgan fingerprint density at radius 3 is 2.15 bits per heavy atom. The number of rotatable bonds is 4. The van der Waals surface area contributed by atoms with Crippen molar-refractivity contribution in [2.24, 2.45) is 0 Å². The van der Waals surface area contributed by atoms with Crippen LogP contribution < -0.4 is 0 Å². The largest absolute Gasteiger partial charge is 0.462 e. The molecule has 20 heavy (non-hydrogen) atoms. The van der Waals surface area contributed by atoms with Crippen molar-refractivity contribution < 1.29 is 36.3 Å². The zero-order chi connectivity index (χ0) is 15.6. The molecule has 0 spiro atoms. The molecule has 0 amide bonds. The van der Waals surface area contributed by atoms with Crippen LogP contribution in [0.25, 0.3) is 0 Å². The molecule has 0 bridgehead atoms. The third-order valence-electron chi connectivity index (χ3n) is 2.28. The van der Waals surface area contributed by atoms with E-state index in [2.05, 4.69) is 4.74 Å². The second-order valence-electron chi connectivity index (χ2n) is 3.70. The van der Waals surface area contributed by atoms with Crippen molar-refractivity contribution in [3.8, 4) is 0 Å². The van der Waals surface area contributed by atoms with E-state index < -0.39 is 29.4 Å². The van der Waals surface area contributed by atoms with Gasteiger partial charge in [0.25, 0.3) is 0 Å². The molecular formula is C12H9F5O3. The van der Waals surface area contributed by atoms with Gasteiger partial charge in [-0.05, 0) is 19.1 Å². The summed E-state index contributed by atoms with van der Waals surface area (Å²) in [5, 5.41) is 0. The molecule has 0 fully saturated rings. The van der Waals surface area contributed by atoms with Gasteiger partial charge in [-0.2, -0.15) is 22.0 Å². The molecule has 0 N–H and O–H groups in total. The maximum Gasteiger partial charge on any atom is 0.461 e. The predicted octanol–water partition coefficient (Wildman–Crippen LogP) is 3.24. The normalized spacial score (nSPS) is 12.1. The first-order valence-corrected chi connectivity index (χ1v) is 5.37. The van der Waals surface area contributed by atoms with Gasteiger partial charge in [-0.25, -0.2) is 4.79 Å². The Labute approximate surface area is 110 Å². The number of carbonyl (C=O) groups excluding carboxylic acids is 2. The van der Waals surface area contributed by atoms with Crippen molar-refractivity contribution in [1.29, 1.82) is 0 Å². The lowest BCUT2D eigenvalue weighted by atomic mass is 10.0. The summed E-state index contributed by atoms with van der Waals surface area (Å²) in [5.74, 6) is -8.85. The van der Waals surface area contributed by atoms with Crippen LogP contribution in [0.4, 0.5) is 22.0 Å². The number of benzene rings is 1. The average Bonchev–Trinajstić information content (AvgIpc) is 2.37. The second-order valence-corrected chi connectivity index (χ2v) is 3.70. The maximum atomic E-state index is 12.9. The van der Waals surface area contributed by atoms with Gasteiger partial charge < -0.3 is 4.74 Å². The molecule has 0 heterocycles. The predicted molar refractivity (Wildman–Crippen MR) is 57.7 cm³/mol. The first kappa shape index (κ1) is 16.1. The molecule has 1 aromatic carbocycles. The molecule has 0 aliphatic rings. The molecular weight excluding hydrogens is 287 g/mol. The number of esters is 1. The lowest BCUT2D eigenvalue weighted by Crippen LogP contribution is -2.44. The Hall–Kier alpha value is -1.99. The SMILES string of the molecule is CCOC(=O)c1cccc(C(=O)C(F)(F)C(F)(F)F)c1. The zero-order valence-corrected chi connectivity index (χ0v) is 10.1. The van der Waals surface area contributed by atoms with Crippen LogP contribution in [-0.2, 0) is 4.74 Å². The van der Waals surface area contributed by atoms with Crippen LogP contribution in [0.1, 0.15) is 27.6 Å². The highest BCUT2D eigenvalue weighted by Gasteiger charge is 2.63. The van der Waals surface area contributed by atoms with Crippen molar-refractivity contribution in [1.82, 2.24) is 0 Å². The first-order valence-electron chi connectivity index (χ1n) is 5.37. The smallest absolute Gasteiger partial charge is 0.461 e. The van der Waals surface area contributed by atoms with Crippen LogP contribution in [0.3, 0.4) is 0 Å². The van der Waals surface area contributed by atoms with Crippen molar-refractivity contribution in [2.75, 3.05) is 6.61 Å². The molecule has 110 valence electrons. The van der Waals surface area contributed by atoms with Gasteiger partial charge in [-0.15, -0.1) is 0 Å². The fraction of sp³-hybridized carbons (Fsp3) is 0.333. The van der Waals surface area contributed by atoms with Gasteiger partial charge in [0.2, 0.25) is 5.78 Å². The highest BCUT2D eigenvalue weighted by Crippen LogP contribution is 2.38. The quantitative estimate of drug-likeness (QED) is 0.486. The number of hydrogen-bond acceptors (Lipinski definition) is 3. The number of hydrogen-bond donors (Lipinski definition) is 0. The number of alkyl halides is 5. The van der Waals surface area contributed by atoms with Gasteiger partial charge in [0, 0.05) is 5.56 Å². The van der Waals surface area contributed by atoms with E-state index in [1.165, 1.54) is 6.92 Å². The summed E-state index contributed by atoms with van der Waals surface area (Å²) in [6, 6.07) is 3.57. The molecule has 0 radical (unpaired) electrons. The molecule has 0 saturated carbocycles. The fourth-order valence-electron chi connectivity index (χ4n) is 1.31. The first-order chi connectivity index (χ1) is 9.11. The molecule has 8 heteroatoms. The Bertz CT molecular complexity index is 522. The van der Waals surface area contributed by atoms with E-state index in [9.17, 15) is 31.5 Å². The Morgan fingerprint density at radius 2 is 1.65 bits per heavy atom. The van der Waals surface area contributed by atoms with Gasteiger partial charge in [0.1, 0.15) is 0 Å². The zero-order valence-electron chi connectivity index (χ0n) is 10.1. The van der Waals surface area contributed by atoms with Crippen LogP contribution >= 0.6 is 0 Å². The summed E-state index contributed by atoms with van der Waals surface area (Å²) in [5.41, 5.74) is -1.20. The summed E-state index contributed by atoms with van der Waals surface area (Å²) in [7, 11) is 0. The minimum absolute atomic E-state index is 0.00425. The maximum absolute atomic E-state index is 12.9. The topological polar surface area (TPSA) is 43.4 Å². The van der Waals surface area contributed by atoms with Gasteiger partial charge >= 0.3 is 18.1 Å². The van der Waals surface area contributed by atoms with Gasteiger partial charge in [0.05, 0.1) is 12.2 Å². The van der Waals surface area contributed by atoms with E-state index in [1.807, 2.05) is 0 Å². The van der Waals surface area contributed by atoms with Gasteiger partial charge in [-0.3, -0.25) is 4.79 Å². The molecule has 0 saturated heterocycles. The van der Waals surface area contributed by atoms with Crippen LogP contribution in [0, 0.1) is 0 Å². The number of ketones is 1. The van der Waals surface area contributed by atoms with Crippen molar-refractivity contribution >= 4 is 11.8 Å². The molecule has 1 rings (SSSR count). The third-order valence-corrected chi connectivity index (χ3v) is 2.28. The molecule has 0 atom stereocenters. The van der Waals surface area contributed by atoms with Crippen molar-refractivity contribution in [2.45, 2.75) is 19.0 Å². The van der Waals surface area contributed by atoms with Crippen molar-refractivity contribution in [3.05, 3.63) is 35.4 Å². The van der Waals surface area contributed by atoms with Gasteiger partial charge in [0.15, 0.2) is 0 Å². The minimum atomic E-state index is -6.00. The van der Waals surface area contributed by atoms with E-state index in [4.69, 9.17) is 0 Å². The average molecular weight is 296 g/mol. The lowest BCUT2D eigenvalue weighted by molar-refractivity contribution is -0.255.